The molecule has 0 saturated carbocycles. The lowest BCUT2D eigenvalue weighted by molar-refractivity contribution is 0.299. The topological polar surface area (TPSA) is 80.9 Å². The van der Waals surface area contributed by atoms with Crippen molar-refractivity contribution in [1.29, 1.82) is 0 Å². The van der Waals surface area contributed by atoms with Crippen LogP contribution in [0.1, 0.15) is 40.0 Å². The Morgan fingerprint density at radius 3 is 1.94 bits per heavy atom. The highest BCUT2D eigenvalue weighted by molar-refractivity contribution is 8.00. The number of aromatic hydroxyl groups is 3. The maximum Gasteiger partial charge on any atom is 0.124 e. The molecule has 0 amide bonds. The van der Waals surface area contributed by atoms with Crippen molar-refractivity contribution in [2.75, 3.05) is 12.4 Å². The van der Waals surface area contributed by atoms with Gasteiger partial charge in [0.15, 0.2) is 0 Å². The summed E-state index contributed by atoms with van der Waals surface area (Å²) in [5, 5.41) is 40.1. The minimum atomic E-state index is -0.0412. The van der Waals surface area contributed by atoms with E-state index in [2.05, 4.69) is 13.8 Å². The number of thioether (sulfide) groups is 2. The Morgan fingerprint density at radius 1 is 0.788 bits per heavy atom. The fourth-order valence-electron chi connectivity index (χ4n) is 4.49. The van der Waals surface area contributed by atoms with Gasteiger partial charge in [-0.15, -0.1) is 23.5 Å². The number of aliphatic hydroxyl groups is 1. The lowest BCUT2D eigenvalue weighted by atomic mass is 9.89. The van der Waals surface area contributed by atoms with Crippen LogP contribution in [0.3, 0.4) is 0 Å². The summed E-state index contributed by atoms with van der Waals surface area (Å²) >= 11 is 3.37. The molecule has 4 nitrogen and oxygen atoms in total. The van der Waals surface area contributed by atoms with Crippen LogP contribution in [0.15, 0.2) is 63.9 Å². The molecule has 1 atom stereocenters. The van der Waals surface area contributed by atoms with E-state index in [-0.39, 0.29) is 23.4 Å². The third kappa shape index (κ3) is 4.60. The van der Waals surface area contributed by atoms with E-state index in [4.69, 9.17) is 0 Å². The van der Waals surface area contributed by atoms with Crippen LogP contribution in [0.25, 0.3) is 5.57 Å². The molecule has 4 N–H and O–H groups in total. The van der Waals surface area contributed by atoms with Gasteiger partial charge in [-0.05, 0) is 104 Å². The minimum Gasteiger partial charge on any atom is -0.508 e. The lowest BCUT2D eigenvalue weighted by Gasteiger charge is -2.21. The molecule has 0 aromatic heterocycles. The molecule has 0 heterocycles. The van der Waals surface area contributed by atoms with Crippen LogP contribution in [0.4, 0.5) is 0 Å². The van der Waals surface area contributed by atoms with E-state index >= 15 is 0 Å². The molecule has 6 heteroatoms. The summed E-state index contributed by atoms with van der Waals surface area (Å²) in [5.41, 5.74) is 7.37. The number of aliphatic hydroxyl groups excluding tert-OH is 1. The van der Waals surface area contributed by atoms with Crippen molar-refractivity contribution in [3.63, 3.8) is 0 Å². The van der Waals surface area contributed by atoms with Crippen LogP contribution in [-0.4, -0.2) is 32.8 Å². The number of benzene rings is 3. The highest BCUT2D eigenvalue weighted by Crippen LogP contribution is 2.56. The van der Waals surface area contributed by atoms with Gasteiger partial charge >= 0.3 is 0 Å². The number of rotatable bonds is 7. The van der Waals surface area contributed by atoms with E-state index in [1.165, 1.54) is 11.1 Å². The molecular formula is C27H28O4S2. The molecule has 172 valence electrons. The molecular weight excluding hydrogens is 452 g/mol. The number of fused-ring (bicyclic) bond motifs is 1. The lowest BCUT2D eigenvalue weighted by Crippen LogP contribution is -2.05. The fraction of sp³-hybridized carbons (Fsp3) is 0.259. The number of hydrogen-bond donors (Lipinski definition) is 4. The van der Waals surface area contributed by atoms with Crippen molar-refractivity contribution in [3.05, 3.63) is 81.9 Å². The van der Waals surface area contributed by atoms with E-state index in [1.54, 1.807) is 47.8 Å². The first-order valence-corrected chi connectivity index (χ1v) is 12.7. The zero-order valence-corrected chi connectivity index (χ0v) is 20.6. The molecule has 1 aliphatic carbocycles. The van der Waals surface area contributed by atoms with Crippen LogP contribution in [0, 0.1) is 13.8 Å². The van der Waals surface area contributed by atoms with Crippen molar-refractivity contribution in [2.45, 2.75) is 42.2 Å². The molecule has 0 spiro atoms. The Hall–Kier alpha value is -2.54. The zero-order valence-electron chi connectivity index (χ0n) is 18.9. The van der Waals surface area contributed by atoms with Gasteiger partial charge in [0, 0.05) is 27.7 Å². The molecule has 4 rings (SSSR count). The second kappa shape index (κ2) is 9.75. The molecule has 0 radical (unpaired) electrons. The van der Waals surface area contributed by atoms with Gasteiger partial charge in [-0.1, -0.05) is 5.57 Å². The molecule has 0 bridgehead atoms. The quantitative estimate of drug-likeness (QED) is 0.294. The SMILES string of the molecule is CC1=C(CSc2ccc(O)cc2)c2c(C)c(CCO)c(C)c(O)c2C1Sc1ccc(O)cc1. The summed E-state index contributed by atoms with van der Waals surface area (Å²) in [5.74, 6) is 1.51. The van der Waals surface area contributed by atoms with Gasteiger partial charge in [-0.25, -0.2) is 0 Å². The summed E-state index contributed by atoms with van der Waals surface area (Å²) in [6.45, 7) is 6.17. The van der Waals surface area contributed by atoms with Gasteiger partial charge in [-0.3, -0.25) is 0 Å². The van der Waals surface area contributed by atoms with Crippen LogP contribution < -0.4 is 0 Å². The van der Waals surface area contributed by atoms with Crippen LogP contribution in [0.5, 0.6) is 17.2 Å². The van der Waals surface area contributed by atoms with Crippen molar-refractivity contribution in [1.82, 2.24) is 0 Å². The normalized spacial score (nSPS) is 15.2. The smallest absolute Gasteiger partial charge is 0.124 e. The predicted octanol–water partition coefficient (Wildman–Crippen LogP) is 6.37. The Bertz CT molecular complexity index is 1200. The Morgan fingerprint density at radius 2 is 1.36 bits per heavy atom. The summed E-state index contributed by atoms with van der Waals surface area (Å²) < 4.78 is 0. The first-order chi connectivity index (χ1) is 15.8. The van der Waals surface area contributed by atoms with E-state index in [0.29, 0.717) is 12.2 Å². The maximum absolute atomic E-state index is 11.3. The molecule has 1 unspecified atom stereocenters. The number of phenols is 3. The highest BCUT2D eigenvalue weighted by atomic mass is 32.2. The van der Waals surface area contributed by atoms with Crippen LogP contribution in [-0.2, 0) is 6.42 Å². The second-order valence-corrected chi connectivity index (χ2v) is 10.5. The molecule has 3 aromatic carbocycles. The first kappa shape index (κ1) is 23.6. The van der Waals surface area contributed by atoms with Crippen LogP contribution in [0.2, 0.25) is 0 Å². The Kier molecular flexibility index (Phi) is 6.98. The van der Waals surface area contributed by atoms with Gasteiger partial charge in [0.2, 0.25) is 0 Å². The van der Waals surface area contributed by atoms with Crippen molar-refractivity contribution in [2.24, 2.45) is 0 Å². The van der Waals surface area contributed by atoms with E-state index in [9.17, 15) is 20.4 Å². The maximum atomic E-state index is 11.3. The number of phenolic OH excluding ortho intramolecular Hbond substituents is 3. The zero-order chi connectivity index (χ0) is 23.7. The molecule has 0 aliphatic heterocycles. The average molecular weight is 481 g/mol. The summed E-state index contributed by atoms with van der Waals surface area (Å²) in [7, 11) is 0. The first-order valence-electron chi connectivity index (χ1n) is 10.8. The molecule has 33 heavy (non-hydrogen) atoms. The molecule has 0 saturated heterocycles. The van der Waals surface area contributed by atoms with Gasteiger partial charge in [0.05, 0.1) is 5.25 Å². The summed E-state index contributed by atoms with van der Waals surface area (Å²) in [6, 6.07) is 14.3. The van der Waals surface area contributed by atoms with E-state index in [0.717, 1.165) is 43.4 Å². The predicted molar refractivity (Wildman–Crippen MR) is 137 cm³/mol. The Labute approximate surface area is 203 Å². The van der Waals surface area contributed by atoms with Gasteiger partial charge < -0.3 is 20.4 Å². The molecule has 1 aliphatic rings. The van der Waals surface area contributed by atoms with Gasteiger partial charge in [0.25, 0.3) is 0 Å². The third-order valence-corrected chi connectivity index (χ3v) is 8.67. The largest absolute Gasteiger partial charge is 0.508 e. The monoisotopic (exact) mass is 480 g/mol. The second-order valence-electron chi connectivity index (χ2n) is 8.28. The summed E-state index contributed by atoms with van der Waals surface area (Å²) in [4.78, 5) is 2.08. The Balaban J connectivity index is 1.79. The standard InChI is InChI=1S/C27H28O4S2/c1-15-22(12-13-28)16(2)26(31)25-24(15)23(14-32-20-8-4-18(29)5-9-20)17(3)27(25)33-21-10-6-19(30)7-11-21/h4-11,27-31H,12-14H2,1-3H3. The minimum absolute atomic E-state index is 0.0336. The van der Waals surface area contributed by atoms with Gasteiger partial charge in [-0.2, -0.15) is 0 Å². The molecule has 0 fully saturated rings. The molecule has 3 aromatic rings. The van der Waals surface area contributed by atoms with Crippen molar-refractivity contribution >= 4 is 29.1 Å². The third-order valence-electron chi connectivity index (χ3n) is 6.27. The van der Waals surface area contributed by atoms with E-state index < -0.39 is 0 Å². The van der Waals surface area contributed by atoms with Crippen molar-refractivity contribution in [3.8, 4) is 17.2 Å². The highest BCUT2D eigenvalue weighted by Gasteiger charge is 2.35. The van der Waals surface area contributed by atoms with Crippen LogP contribution >= 0.6 is 23.5 Å². The number of hydrogen-bond acceptors (Lipinski definition) is 6. The summed E-state index contributed by atoms with van der Waals surface area (Å²) in [6.07, 6.45) is 0.506. The fourth-order valence-corrected chi connectivity index (χ4v) is 6.74. The average Bonchev–Trinajstić information content (AvgIpc) is 3.08. The van der Waals surface area contributed by atoms with Crippen molar-refractivity contribution < 1.29 is 20.4 Å². The van der Waals surface area contributed by atoms with Gasteiger partial charge in [0.1, 0.15) is 17.2 Å². The van der Waals surface area contributed by atoms with E-state index in [1.807, 2.05) is 31.2 Å².